The molecule has 1 saturated heterocycles. The zero-order chi connectivity index (χ0) is 33.2. The summed E-state index contributed by atoms with van der Waals surface area (Å²) in [5.74, 6) is -5.04. The van der Waals surface area contributed by atoms with Gasteiger partial charge in [0.25, 0.3) is 0 Å². The summed E-state index contributed by atoms with van der Waals surface area (Å²) in [6.07, 6.45) is -0.308. The highest BCUT2D eigenvalue weighted by Crippen LogP contribution is 2.27. The Labute approximate surface area is 254 Å². The Kier molecular flexibility index (Phi) is 12.4. The number of carboxylic acid groups (broad SMARTS) is 2. The second kappa shape index (κ2) is 15.3. The molecule has 1 fully saturated rings. The van der Waals surface area contributed by atoms with E-state index in [4.69, 9.17) is 9.84 Å². The molecule has 0 saturated carbocycles. The molecule has 1 aromatic rings. The molecule has 15 nitrogen and oxygen atoms in total. The SMILES string of the molecule is CC(C)(C)[C@H](NC(=O)[C@H](CC(=O)O)NC(=O)OCc1ccccc1)C(=O)N1CC[C@H]1C(=O)N[C@H](/C=C/S(C)(=O)=O)CC(=O)O. The summed E-state index contributed by atoms with van der Waals surface area (Å²) >= 11 is 0. The summed E-state index contributed by atoms with van der Waals surface area (Å²) in [4.78, 5) is 76.0. The topological polar surface area (TPSA) is 226 Å². The van der Waals surface area contributed by atoms with Gasteiger partial charge >= 0.3 is 18.0 Å². The quantitative estimate of drug-likeness (QED) is 0.187. The van der Waals surface area contributed by atoms with Gasteiger partial charge in [-0.2, -0.15) is 0 Å². The number of nitrogens with one attached hydrogen (secondary N) is 3. The van der Waals surface area contributed by atoms with E-state index >= 15 is 0 Å². The molecule has 0 radical (unpaired) electrons. The molecule has 1 aliphatic rings. The van der Waals surface area contributed by atoms with E-state index in [2.05, 4.69) is 16.0 Å². The number of benzene rings is 1. The van der Waals surface area contributed by atoms with Crippen LogP contribution in [0.2, 0.25) is 0 Å². The van der Waals surface area contributed by atoms with E-state index < -0.39 is 88.0 Å². The van der Waals surface area contributed by atoms with Gasteiger partial charge in [-0.3, -0.25) is 24.0 Å². The molecule has 242 valence electrons. The van der Waals surface area contributed by atoms with E-state index in [-0.39, 0.29) is 19.6 Å². The van der Waals surface area contributed by atoms with Gasteiger partial charge in [-0.15, -0.1) is 0 Å². The molecule has 16 heteroatoms. The summed E-state index contributed by atoms with van der Waals surface area (Å²) in [7, 11) is -3.60. The normalized spacial score (nSPS) is 17.0. The average molecular weight is 639 g/mol. The van der Waals surface area contributed by atoms with Crippen LogP contribution in [-0.4, -0.2) is 96.3 Å². The van der Waals surface area contributed by atoms with Crippen molar-refractivity contribution in [2.45, 2.75) is 70.8 Å². The molecule has 0 aromatic heterocycles. The summed E-state index contributed by atoms with van der Waals surface area (Å²) in [6.45, 7) is 4.91. The molecule has 1 aromatic carbocycles. The van der Waals surface area contributed by atoms with Crippen LogP contribution in [0, 0.1) is 5.41 Å². The van der Waals surface area contributed by atoms with Crippen LogP contribution in [0.15, 0.2) is 41.8 Å². The van der Waals surface area contributed by atoms with Crippen LogP contribution in [0.25, 0.3) is 0 Å². The maximum Gasteiger partial charge on any atom is 0.408 e. The number of carbonyl (C=O) groups excluding carboxylic acids is 4. The average Bonchev–Trinajstić information content (AvgIpc) is 2.86. The summed E-state index contributed by atoms with van der Waals surface area (Å²) in [5.41, 5.74) is -0.274. The largest absolute Gasteiger partial charge is 0.481 e. The predicted molar refractivity (Wildman–Crippen MR) is 155 cm³/mol. The minimum atomic E-state index is -3.60. The highest BCUT2D eigenvalue weighted by molar-refractivity contribution is 7.93. The Hall–Kier alpha value is -4.47. The first-order valence-corrected chi connectivity index (χ1v) is 15.5. The number of likely N-dealkylation sites (tertiary alicyclic amines) is 1. The van der Waals surface area contributed by atoms with Gasteiger partial charge in [0.2, 0.25) is 17.7 Å². The third-order valence-corrected chi connectivity index (χ3v) is 7.14. The third-order valence-electron chi connectivity index (χ3n) is 6.49. The number of hydrogen-bond acceptors (Lipinski definition) is 9. The minimum absolute atomic E-state index is 0.130. The Morgan fingerprint density at radius 2 is 1.61 bits per heavy atom. The first-order valence-electron chi connectivity index (χ1n) is 13.6. The lowest BCUT2D eigenvalue weighted by Gasteiger charge is -2.44. The summed E-state index contributed by atoms with van der Waals surface area (Å²) in [5, 5.41) is 26.4. The fourth-order valence-electron chi connectivity index (χ4n) is 4.14. The minimum Gasteiger partial charge on any atom is -0.481 e. The van der Waals surface area contributed by atoms with Crippen molar-refractivity contribution < 1.29 is 52.1 Å². The van der Waals surface area contributed by atoms with Crippen molar-refractivity contribution in [3.8, 4) is 0 Å². The molecule has 4 atom stereocenters. The molecular weight excluding hydrogens is 600 g/mol. The number of carbonyl (C=O) groups is 6. The van der Waals surface area contributed by atoms with Gasteiger partial charge in [0.15, 0.2) is 9.84 Å². The van der Waals surface area contributed by atoms with Crippen LogP contribution in [-0.2, 0) is 45.2 Å². The van der Waals surface area contributed by atoms with Crippen molar-refractivity contribution in [1.82, 2.24) is 20.9 Å². The number of alkyl carbamates (subject to hydrolysis) is 1. The molecule has 1 aliphatic heterocycles. The molecular formula is C28H38N4O11S. The lowest BCUT2D eigenvalue weighted by molar-refractivity contribution is -0.152. The maximum atomic E-state index is 13.6. The first kappa shape index (κ1) is 35.7. The van der Waals surface area contributed by atoms with Gasteiger partial charge in [0, 0.05) is 18.2 Å². The van der Waals surface area contributed by atoms with E-state index in [9.17, 15) is 42.3 Å². The van der Waals surface area contributed by atoms with Gasteiger partial charge in [0.1, 0.15) is 24.7 Å². The van der Waals surface area contributed by atoms with Gasteiger partial charge < -0.3 is 35.8 Å². The van der Waals surface area contributed by atoms with Crippen molar-refractivity contribution in [1.29, 1.82) is 0 Å². The highest BCUT2D eigenvalue weighted by Gasteiger charge is 2.45. The lowest BCUT2D eigenvalue weighted by Crippen LogP contribution is -2.66. The smallest absolute Gasteiger partial charge is 0.408 e. The van der Waals surface area contributed by atoms with Crippen molar-refractivity contribution >= 4 is 45.6 Å². The number of amides is 4. The van der Waals surface area contributed by atoms with E-state index in [0.717, 1.165) is 17.7 Å². The molecule has 4 amide bonds. The van der Waals surface area contributed by atoms with Gasteiger partial charge in [-0.1, -0.05) is 57.2 Å². The van der Waals surface area contributed by atoms with E-state index in [1.165, 1.54) is 4.90 Å². The predicted octanol–water partition coefficient (Wildman–Crippen LogP) is 0.406. The Morgan fingerprint density at radius 1 is 1.00 bits per heavy atom. The van der Waals surface area contributed by atoms with E-state index in [0.29, 0.717) is 5.56 Å². The fraction of sp³-hybridized carbons (Fsp3) is 0.500. The van der Waals surface area contributed by atoms with Crippen molar-refractivity contribution in [3.05, 3.63) is 47.4 Å². The molecule has 0 unspecified atom stereocenters. The standard InChI is InChI=1S/C28H38N4O11S/c1-28(2,3)23(31-24(37)19(15-22(35)36)30-27(40)43-16-17-8-6-5-7-9-17)26(39)32-12-10-20(32)25(38)29-18(14-21(33)34)11-13-44(4,41)42/h5-9,11,13,18-20,23H,10,12,14-16H2,1-4H3,(H,29,38)(H,30,40)(H,31,37)(H,33,34)(H,35,36)/b13-11+/t18-,19+,20+,23-/m1/s1. The number of sulfone groups is 1. The second-order valence-corrected chi connectivity index (χ2v) is 13.3. The van der Waals surface area contributed by atoms with E-state index in [1.54, 1.807) is 51.1 Å². The van der Waals surface area contributed by atoms with Crippen LogP contribution in [0.1, 0.15) is 45.6 Å². The highest BCUT2D eigenvalue weighted by atomic mass is 32.2. The first-order chi connectivity index (χ1) is 20.4. The molecule has 0 spiro atoms. The van der Waals surface area contributed by atoms with Gasteiger partial charge in [0.05, 0.1) is 18.9 Å². The van der Waals surface area contributed by atoms with Crippen LogP contribution in [0.5, 0.6) is 0 Å². The van der Waals surface area contributed by atoms with Crippen LogP contribution in [0.3, 0.4) is 0 Å². The Morgan fingerprint density at radius 3 is 2.11 bits per heavy atom. The number of ether oxygens (including phenoxy) is 1. The van der Waals surface area contributed by atoms with Crippen molar-refractivity contribution in [2.75, 3.05) is 12.8 Å². The molecule has 0 aliphatic carbocycles. The second-order valence-electron chi connectivity index (χ2n) is 11.4. The number of hydrogen-bond donors (Lipinski definition) is 5. The zero-order valence-electron chi connectivity index (χ0n) is 24.8. The van der Waals surface area contributed by atoms with Crippen molar-refractivity contribution in [3.63, 3.8) is 0 Å². The zero-order valence-corrected chi connectivity index (χ0v) is 25.6. The van der Waals surface area contributed by atoms with Crippen molar-refractivity contribution in [2.24, 2.45) is 5.41 Å². The van der Waals surface area contributed by atoms with Crippen LogP contribution in [0.4, 0.5) is 4.79 Å². The molecule has 1 heterocycles. The van der Waals surface area contributed by atoms with Gasteiger partial charge in [-0.05, 0) is 17.4 Å². The Balaban J connectivity index is 2.15. The lowest BCUT2D eigenvalue weighted by atomic mass is 9.84. The molecule has 0 bridgehead atoms. The third kappa shape index (κ3) is 11.7. The fourth-order valence-corrected chi connectivity index (χ4v) is 4.62. The van der Waals surface area contributed by atoms with Gasteiger partial charge in [-0.25, -0.2) is 13.2 Å². The summed E-state index contributed by atoms with van der Waals surface area (Å²) < 4.78 is 28.0. The maximum absolute atomic E-state index is 13.6. The molecule has 5 N–H and O–H groups in total. The van der Waals surface area contributed by atoms with Crippen LogP contribution >= 0.6 is 0 Å². The van der Waals surface area contributed by atoms with E-state index in [1.807, 2.05) is 0 Å². The summed E-state index contributed by atoms with van der Waals surface area (Å²) in [6, 6.07) is 3.59. The Bertz CT molecular complexity index is 1370. The number of rotatable bonds is 14. The number of nitrogens with zero attached hydrogens (tertiary/aromatic N) is 1. The number of aliphatic carboxylic acids is 2. The van der Waals surface area contributed by atoms with Crippen LogP contribution < -0.4 is 16.0 Å². The number of carboxylic acids is 2. The molecule has 44 heavy (non-hydrogen) atoms. The monoisotopic (exact) mass is 638 g/mol. The molecule has 2 rings (SSSR count).